The Hall–Kier alpha value is -1.06. The van der Waals surface area contributed by atoms with Gasteiger partial charge in [-0.3, -0.25) is 9.59 Å². The van der Waals surface area contributed by atoms with E-state index < -0.39 is 5.97 Å². The summed E-state index contributed by atoms with van der Waals surface area (Å²) in [5.74, 6) is -0.348. The molecule has 2 rings (SSSR count). The molecule has 0 aliphatic heterocycles. The van der Waals surface area contributed by atoms with Gasteiger partial charge in [-0.2, -0.15) is 0 Å². The Morgan fingerprint density at radius 2 is 1.17 bits per heavy atom. The van der Waals surface area contributed by atoms with Crippen LogP contribution < -0.4 is 0 Å². The molecule has 4 heteroatoms. The van der Waals surface area contributed by atoms with Crippen molar-refractivity contribution in [1.82, 2.24) is 4.90 Å². The van der Waals surface area contributed by atoms with Gasteiger partial charge in [0.1, 0.15) is 0 Å². The third-order valence-corrected chi connectivity index (χ3v) is 5.76. The lowest BCUT2D eigenvalue weighted by Gasteiger charge is -2.42. The Morgan fingerprint density at radius 1 is 0.708 bits per heavy atom. The number of carbonyl (C=O) groups excluding carboxylic acids is 1. The molecule has 2 aliphatic rings. The van der Waals surface area contributed by atoms with Crippen molar-refractivity contribution in [3.63, 3.8) is 0 Å². The van der Waals surface area contributed by atoms with Crippen molar-refractivity contribution in [3.8, 4) is 0 Å². The van der Waals surface area contributed by atoms with Crippen LogP contribution in [0.5, 0.6) is 0 Å². The van der Waals surface area contributed by atoms with Gasteiger partial charge in [-0.05, 0) is 38.5 Å². The highest BCUT2D eigenvalue weighted by Crippen LogP contribution is 2.31. The molecular weight excluding hydrogens is 302 g/mol. The number of rotatable bonds is 9. The van der Waals surface area contributed by atoms with Crippen LogP contribution in [-0.2, 0) is 9.59 Å². The predicted molar refractivity (Wildman–Crippen MR) is 95.9 cm³/mol. The van der Waals surface area contributed by atoms with Crippen LogP contribution in [-0.4, -0.2) is 34.0 Å². The van der Waals surface area contributed by atoms with Gasteiger partial charge in [-0.1, -0.05) is 51.4 Å². The van der Waals surface area contributed by atoms with Crippen LogP contribution >= 0.6 is 0 Å². The minimum absolute atomic E-state index is 0.254. The Morgan fingerprint density at radius 3 is 1.62 bits per heavy atom. The van der Waals surface area contributed by atoms with Crippen molar-refractivity contribution in [2.45, 2.75) is 115 Å². The second-order valence-electron chi connectivity index (χ2n) is 7.69. The van der Waals surface area contributed by atoms with E-state index in [2.05, 4.69) is 4.90 Å². The Balaban J connectivity index is 1.79. The summed E-state index contributed by atoms with van der Waals surface area (Å²) in [7, 11) is 0. The minimum atomic E-state index is -0.716. The van der Waals surface area contributed by atoms with Gasteiger partial charge in [-0.15, -0.1) is 0 Å². The number of amides is 1. The van der Waals surface area contributed by atoms with Crippen LogP contribution in [0, 0.1) is 0 Å². The molecule has 0 radical (unpaired) electrons. The number of nitrogens with zero attached hydrogens (tertiary/aromatic N) is 1. The van der Waals surface area contributed by atoms with Gasteiger partial charge in [0.15, 0.2) is 0 Å². The molecule has 0 aromatic rings. The zero-order chi connectivity index (χ0) is 17.2. The molecular formula is C20H35NO3. The van der Waals surface area contributed by atoms with Crippen molar-refractivity contribution < 1.29 is 14.7 Å². The summed E-state index contributed by atoms with van der Waals surface area (Å²) in [6.45, 7) is 0. The van der Waals surface area contributed by atoms with Gasteiger partial charge in [0, 0.05) is 24.9 Å². The monoisotopic (exact) mass is 337 g/mol. The Kier molecular flexibility index (Phi) is 8.62. The van der Waals surface area contributed by atoms with Gasteiger partial charge < -0.3 is 10.0 Å². The van der Waals surface area contributed by atoms with Crippen molar-refractivity contribution >= 4 is 11.9 Å². The number of hydrogen-bond acceptors (Lipinski definition) is 2. The highest BCUT2D eigenvalue weighted by Gasteiger charge is 2.31. The standard InChI is InChI=1S/C20H35NO3/c22-19(15-9-1-2-10-16-20(23)24)21(17-11-5-3-6-12-17)18-13-7-4-8-14-18/h17-18H,1-16H2,(H,23,24). The Labute approximate surface area is 147 Å². The first kappa shape index (κ1) is 19.3. The molecule has 2 fully saturated rings. The lowest BCUT2D eigenvalue weighted by atomic mass is 9.88. The van der Waals surface area contributed by atoms with Crippen LogP contribution in [0.1, 0.15) is 103 Å². The number of carboxylic acid groups (broad SMARTS) is 1. The first-order valence-corrected chi connectivity index (χ1v) is 10.2. The molecule has 138 valence electrons. The van der Waals surface area contributed by atoms with Crippen LogP contribution in [0.2, 0.25) is 0 Å². The third kappa shape index (κ3) is 6.45. The summed E-state index contributed by atoms with van der Waals surface area (Å²) in [5.41, 5.74) is 0. The summed E-state index contributed by atoms with van der Waals surface area (Å²) in [4.78, 5) is 25.7. The van der Waals surface area contributed by atoms with E-state index in [4.69, 9.17) is 5.11 Å². The molecule has 1 N–H and O–H groups in total. The molecule has 0 bridgehead atoms. The van der Waals surface area contributed by atoms with E-state index in [-0.39, 0.29) is 6.42 Å². The summed E-state index contributed by atoms with van der Waals surface area (Å²) < 4.78 is 0. The molecule has 0 aromatic carbocycles. The van der Waals surface area contributed by atoms with Crippen molar-refractivity contribution in [2.75, 3.05) is 0 Å². The maximum Gasteiger partial charge on any atom is 0.303 e. The van der Waals surface area contributed by atoms with Crippen molar-refractivity contribution in [2.24, 2.45) is 0 Å². The lowest BCUT2D eigenvalue weighted by Crippen LogP contribution is -2.48. The second-order valence-corrected chi connectivity index (χ2v) is 7.69. The first-order chi connectivity index (χ1) is 11.7. The smallest absolute Gasteiger partial charge is 0.303 e. The molecule has 4 nitrogen and oxygen atoms in total. The highest BCUT2D eigenvalue weighted by molar-refractivity contribution is 5.77. The van der Waals surface area contributed by atoms with E-state index >= 15 is 0 Å². The van der Waals surface area contributed by atoms with Crippen LogP contribution in [0.25, 0.3) is 0 Å². The maximum absolute atomic E-state index is 12.9. The molecule has 0 heterocycles. The molecule has 2 saturated carbocycles. The molecule has 0 saturated heterocycles. The van der Waals surface area contributed by atoms with Crippen molar-refractivity contribution in [1.29, 1.82) is 0 Å². The molecule has 0 unspecified atom stereocenters. The first-order valence-electron chi connectivity index (χ1n) is 10.2. The van der Waals surface area contributed by atoms with E-state index in [1.54, 1.807) is 0 Å². The lowest BCUT2D eigenvalue weighted by molar-refractivity contribution is -0.138. The molecule has 0 atom stereocenters. The Bertz CT molecular complexity index is 366. The highest BCUT2D eigenvalue weighted by atomic mass is 16.4. The number of carbonyl (C=O) groups is 2. The topological polar surface area (TPSA) is 57.6 Å². The molecule has 1 amide bonds. The fourth-order valence-corrected chi connectivity index (χ4v) is 4.46. The number of hydrogen-bond donors (Lipinski definition) is 1. The predicted octanol–water partition coefficient (Wildman–Crippen LogP) is 4.91. The zero-order valence-electron chi connectivity index (χ0n) is 15.2. The van der Waals surface area contributed by atoms with Crippen molar-refractivity contribution in [3.05, 3.63) is 0 Å². The molecule has 0 aromatic heterocycles. The summed E-state index contributed by atoms with van der Waals surface area (Å²) in [6, 6.07) is 0.975. The fourth-order valence-electron chi connectivity index (χ4n) is 4.46. The second kappa shape index (κ2) is 10.7. The number of unbranched alkanes of at least 4 members (excludes halogenated alkanes) is 3. The van der Waals surface area contributed by atoms with E-state index in [1.807, 2.05) is 0 Å². The van der Waals surface area contributed by atoms with Gasteiger partial charge in [0.2, 0.25) is 5.91 Å². The number of carboxylic acids is 1. The molecule has 24 heavy (non-hydrogen) atoms. The summed E-state index contributed by atoms with van der Waals surface area (Å²) in [6.07, 6.45) is 17.0. The summed E-state index contributed by atoms with van der Waals surface area (Å²) >= 11 is 0. The largest absolute Gasteiger partial charge is 0.481 e. The quantitative estimate of drug-likeness (QED) is 0.608. The average Bonchev–Trinajstić information content (AvgIpc) is 2.60. The van der Waals surface area contributed by atoms with E-state index in [0.29, 0.717) is 24.4 Å². The van der Waals surface area contributed by atoms with Gasteiger partial charge in [-0.25, -0.2) is 0 Å². The third-order valence-electron chi connectivity index (χ3n) is 5.76. The van der Waals surface area contributed by atoms with Crippen LogP contribution in [0.3, 0.4) is 0 Å². The molecule has 2 aliphatic carbocycles. The van der Waals surface area contributed by atoms with E-state index in [1.165, 1.54) is 64.2 Å². The zero-order valence-corrected chi connectivity index (χ0v) is 15.2. The van der Waals surface area contributed by atoms with Crippen LogP contribution in [0.4, 0.5) is 0 Å². The SMILES string of the molecule is O=C(O)CCCCCCC(=O)N(C1CCCCC1)C1CCCCC1. The normalized spacial score (nSPS) is 20.0. The summed E-state index contributed by atoms with van der Waals surface area (Å²) in [5, 5.41) is 8.66. The number of aliphatic carboxylic acids is 1. The minimum Gasteiger partial charge on any atom is -0.481 e. The van der Waals surface area contributed by atoms with E-state index in [0.717, 1.165) is 25.7 Å². The van der Waals surface area contributed by atoms with E-state index in [9.17, 15) is 9.59 Å². The van der Waals surface area contributed by atoms with Crippen LogP contribution in [0.15, 0.2) is 0 Å². The van der Waals surface area contributed by atoms with Gasteiger partial charge in [0.05, 0.1) is 0 Å². The van der Waals surface area contributed by atoms with Gasteiger partial charge in [0.25, 0.3) is 0 Å². The fraction of sp³-hybridized carbons (Fsp3) is 0.900. The average molecular weight is 338 g/mol. The molecule has 0 spiro atoms. The van der Waals surface area contributed by atoms with Gasteiger partial charge >= 0.3 is 5.97 Å². The maximum atomic E-state index is 12.9.